The number of primary amides is 1. The number of carbonyl (C=O) groups excluding carboxylic acids is 1. The Morgan fingerprint density at radius 1 is 1.50 bits per heavy atom. The van der Waals surface area contributed by atoms with Crippen LogP contribution in [-0.2, 0) is 9.59 Å². The number of carboxylic acid groups (broad SMARTS) is 1. The number of rotatable bonds is 4. The Labute approximate surface area is 71.1 Å². The summed E-state index contributed by atoms with van der Waals surface area (Å²) in [7, 11) is 0. The first kappa shape index (κ1) is 10.7. The zero-order valence-electron chi connectivity index (χ0n) is 7.20. The number of hydrogen-bond acceptors (Lipinski definition) is 2. The molecule has 4 heteroatoms. The molecule has 0 saturated heterocycles. The number of carboxylic acids is 1. The molecule has 0 bridgehead atoms. The summed E-state index contributed by atoms with van der Waals surface area (Å²) >= 11 is 0. The molecule has 12 heavy (non-hydrogen) atoms. The van der Waals surface area contributed by atoms with Crippen molar-refractivity contribution in [2.24, 2.45) is 11.7 Å². The summed E-state index contributed by atoms with van der Waals surface area (Å²) in [6, 6.07) is 0. The maximum Gasteiger partial charge on any atom is 0.331 e. The van der Waals surface area contributed by atoms with Crippen molar-refractivity contribution in [3.8, 4) is 0 Å². The van der Waals surface area contributed by atoms with Crippen LogP contribution in [0.15, 0.2) is 11.6 Å². The van der Waals surface area contributed by atoms with Gasteiger partial charge >= 0.3 is 5.97 Å². The third-order valence-electron chi connectivity index (χ3n) is 1.22. The lowest BCUT2D eigenvalue weighted by atomic mass is 10.0. The lowest BCUT2D eigenvalue weighted by Crippen LogP contribution is -2.12. The van der Waals surface area contributed by atoms with Crippen molar-refractivity contribution in [2.45, 2.75) is 20.3 Å². The van der Waals surface area contributed by atoms with Gasteiger partial charge in [-0.1, -0.05) is 13.8 Å². The van der Waals surface area contributed by atoms with Crippen LogP contribution in [0.5, 0.6) is 0 Å². The molecule has 0 aromatic heterocycles. The molecule has 3 N–H and O–H groups in total. The van der Waals surface area contributed by atoms with Gasteiger partial charge in [0.1, 0.15) is 0 Å². The van der Waals surface area contributed by atoms with Gasteiger partial charge in [-0.2, -0.15) is 0 Å². The van der Waals surface area contributed by atoms with E-state index in [-0.39, 0.29) is 11.5 Å². The van der Waals surface area contributed by atoms with Crippen molar-refractivity contribution in [3.05, 3.63) is 11.6 Å². The second kappa shape index (κ2) is 4.54. The fourth-order valence-corrected chi connectivity index (χ4v) is 0.820. The summed E-state index contributed by atoms with van der Waals surface area (Å²) in [6.45, 7) is 3.75. The average molecular weight is 171 g/mol. The van der Waals surface area contributed by atoms with E-state index in [1.54, 1.807) is 0 Å². The highest BCUT2D eigenvalue weighted by atomic mass is 16.4. The second-order valence-electron chi connectivity index (χ2n) is 2.98. The number of hydrogen-bond donors (Lipinski definition) is 2. The van der Waals surface area contributed by atoms with E-state index in [9.17, 15) is 9.59 Å². The zero-order chi connectivity index (χ0) is 9.72. The highest BCUT2D eigenvalue weighted by molar-refractivity contribution is 5.96. The van der Waals surface area contributed by atoms with E-state index in [2.05, 4.69) is 0 Å². The monoisotopic (exact) mass is 171 g/mol. The van der Waals surface area contributed by atoms with Crippen LogP contribution in [0.1, 0.15) is 20.3 Å². The molecule has 0 aromatic rings. The van der Waals surface area contributed by atoms with Gasteiger partial charge in [0, 0.05) is 11.6 Å². The summed E-state index contributed by atoms with van der Waals surface area (Å²) in [5, 5.41) is 8.59. The SMILES string of the molecule is CC(C)CC(=CC(N)=O)C(=O)O. The molecule has 0 spiro atoms. The molecule has 0 rings (SSSR count). The lowest BCUT2D eigenvalue weighted by molar-refractivity contribution is -0.133. The molecular formula is C8H13NO3. The molecule has 1 amide bonds. The maximum atomic E-state index is 10.5. The minimum atomic E-state index is -1.08. The minimum Gasteiger partial charge on any atom is -0.478 e. The molecule has 0 fully saturated rings. The molecule has 0 aliphatic carbocycles. The van der Waals surface area contributed by atoms with E-state index in [0.717, 1.165) is 6.08 Å². The fraction of sp³-hybridized carbons (Fsp3) is 0.500. The predicted molar refractivity (Wildman–Crippen MR) is 44.4 cm³/mol. The van der Waals surface area contributed by atoms with Gasteiger partial charge in [-0.05, 0) is 12.3 Å². The maximum absolute atomic E-state index is 10.5. The molecule has 0 unspecified atom stereocenters. The lowest BCUT2D eigenvalue weighted by Gasteiger charge is -2.03. The van der Waals surface area contributed by atoms with Gasteiger partial charge < -0.3 is 10.8 Å². The van der Waals surface area contributed by atoms with Crippen LogP contribution in [0.4, 0.5) is 0 Å². The molecule has 68 valence electrons. The van der Waals surface area contributed by atoms with Crippen molar-refractivity contribution >= 4 is 11.9 Å². The molecular weight excluding hydrogens is 158 g/mol. The van der Waals surface area contributed by atoms with Crippen LogP contribution in [0.3, 0.4) is 0 Å². The predicted octanol–water partition coefficient (Wildman–Crippen LogP) is 0.529. The van der Waals surface area contributed by atoms with Crippen LogP contribution < -0.4 is 5.73 Å². The Kier molecular flexibility index (Phi) is 4.04. The normalized spacial score (nSPS) is 11.8. The highest BCUT2D eigenvalue weighted by Crippen LogP contribution is 2.10. The van der Waals surface area contributed by atoms with Crippen molar-refractivity contribution in [2.75, 3.05) is 0 Å². The van der Waals surface area contributed by atoms with Crippen molar-refractivity contribution in [1.29, 1.82) is 0 Å². The van der Waals surface area contributed by atoms with Crippen molar-refractivity contribution < 1.29 is 14.7 Å². The zero-order valence-corrected chi connectivity index (χ0v) is 7.20. The van der Waals surface area contributed by atoms with E-state index < -0.39 is 11.9 Å². The van der Waals surface area contributed by atoms with Crippen molar-refractivity contribution in [1.82, 2.24) is 0 Å². The molecule has 0 radical (unpaired) electrons. The molecule has 0 saturated carbocycles. The Morgan fingerprint density at radius 2 is 2.00 bits per heavy atom. The topological polar surface area (TPSA) is 80.4 Å². The van der Waals surface area contributed by atoms with Gasteiger partial charge in [0.05, 0.1) is 0 Å². The summed E-state index contributed by atoms with van der Waals surface area (Å²) in [5.74, 6) is -1.60. The largest absolute Gasteiger partial charge is 0.478 e. The van der Waals surface area contributed by atoms with E-state index in [1.165, 1.54) is 0 Å². The Balaban J connectivity index is 4.44. The van der Waals surface area contributed by atoms with Crippen LogP contribution in [-0.4, -0.2) is 17.0 Å². The van der Waals surface area contributed by atoms with Gasteiger partial charge in [0.25, 0.3) is 0 Å². The minimum absolute atomic E-state index is 0.0671. The number of aliphatic carboxylic acids is 1. The van der Waals surface area contributed by atoms with Gasteiger partial charge in [-0.3, -0.25) is 4.79 Å². The molecule has 0 aliphatic heterocycles. The third kappa shape index (κ3) is 4.49. The average Bonchev–Trinajstić information content (AvgIpc) is 1.83. The number of carbonyl (C=O) groups is 2. The summed E-state index contributed by atoms with van der Waals surface area (Å²) in [5.41, 5.74) is 4.90. The summed E-state index contributed by atoms with van der Waals surface area (Å²) < 4.78 is 0. The standard InChI is InChI=1S/C8H13NO3/c1-5(2)3-6(8(11)12)4-7(9)10/h4-5H,3H2,1-2H3,(H2,9,10)(H,11,12). The summed E-state index contributed by atoms with van der Waals surface area (Å²) in [6.07, 6.45) is 1.32. The Morgan fingerprint density at radius 3 is 2.25 bits per heavy atom. The van der Waals surface area contributed by atoms with Crippen LogP contribution in [0.2, 0.25) is 0 Å². The van der Waals surface area contributed by atoms with E-state index in [0.29, 0.717) is 6.42 Å². The first-order chi connectivity index (χ1) is 5.43. The van der Waals surface area contributed by atoms with Crippen LogP contribution in [0.25, 0.3) is 0 Å². The van der Waals surface area contributed by atoms with E-state index in [4.69, 9.17) is 10.8 Å². The quantitative estimate of drug-likeness (QED) is 0.605. The second-order valence-corrected chi connectivity index (χ2v) is 2.98. The van der Waals surface area contributed by atoms with Gasteiger partial charge in [-0.25, -0.2) is 4.79 Å². The molecule has 0 heterocycles. The Hall–Kier alpha value is -1.32. The first-order valence-corrected chi connectivity index (χ1v) is 3.66. The van der Waals surface area contributed by atoms with Gasteiger partial charge in [0.15, 0.2) is 0 Å². The van der Waals surface area contributed by atoms with Gasteiger partial charge in [0.2, 0.25) is 5.91 Å². The number of amides is 1. The fourth-order valence-electron chi connectivity index (χ4n) is 0.820. The van der Waals surface area contributed by atoms with Crippen molar-refractivity contribution in [3.63, 3.8) is 0 Å². The first-order valence-electron chi connectivity index (χ1n) is 3.66. The number of nitrogens with two attached hydrogens (primary N) is 1. The van der Waals surface area contributed by atoms with E-state index >= 15 is 0 Å². The molecule has 0 aromatic carbocycles. The Bertz CT molecular complexity index is 218. The highest BCUT2D eigenvalue weighted by Gasteiger charge is 2.10. The smallest absolute Gasteiger partial charge is 0.331 e. The molecule has 4 nitrogen and oxygen atoms in total. The van der Waals surface area contributed by atoms with E-state index in [1.807, 2.05) is 13.8 Å². The third-order valence-corrected chi connectivity index (χ3v) is 1.22. The van der Waals surface area contributed by atoms with Gasteiger partial charge in [-0.15, -0.1) is 0 Å². The van der Waals surface area contributed by atoms with Crippen LogP contribution in [0, 0.1) is 5.92 Å². The molecule has 0 aliphatic rings. The van der Waals surface area contributed by atoms with Crippen LogP contribution >= 0.6 is 0 Å². The summed E-state index contributed by atoms with van der Waals surface area (Å²) in [4.78, 5) is 20.9. The molecule has 0 atom stereocenters.